The summed E-state index contributed by atoms with van der Waals surface area (Å²) >= 11 is 1.24. The van der Waals surface area contributed by atoms with Crippen molar-refractivity contribution in [2.75, 3.05) is 10.6 Å². The van der Waals surface area contributed by atoms with E-state index < -0.39 is 0 Å². The molecule has 1 aliphatic rings. The Labute approximate surface area is 184 Å². The van der Waals surface area contributed by atoms with Crippen LogP contribution in [0.5, 0.6) is 0 Å². The summed E-state index contributed by atoms with van der Waals surface area (Å²) in [7, 11) is 0. The Morgan fingerprint density at radius 3 is 2.39 bits per heavy atom. The van der Waals surface area contributed by atoms with Crippen LogP contribution in [0.15, 0.2) is 60.7 Å². The summed E-state index contributed by atoms with van der Waals surface area (Å²) in [5.74, 6) is -0.465. The zero-order valence-corrected chi connectivity index (χ0v) is 17.9. The van der Waals surface area contributed by atoms with Gasteiger partial charge in [-0.2, -0.15) is 0 Å². The molecule has 0 aliphatic heterocycles. The number of aryl methyl sites for hydroxylation is 1. The quantitative estimate of drug-likeness (QED) is 0.509. The van der Waals surface area contributed by atoms with Gasteiger partial charge in [0.2, 0.25) is 5.91 Å². The molecule has 4 rings (SSSR count). The van der Waals surface area contributed by atoms with Crippen LogP contribution in [0.2, 0.25) is 0 Å². The minimum atomic E-state index is -0.308. The molecule has 1 aliphatic carbocycles. The Hall–Kier alpha value is -3.45. The highest BCUT2D eigenvalue weighted by Crippen LogP contribution is 2.33. The number of thiophene rings is 1. The van der Waals surface area contributed by atoms with Crippen molar-refractivity contribution in [3.63, 3.8) is 0 Å². The van der Waals surface area contributed by atoms with Gasteiger partial charge >= 0.3 is 0 Å². The summed E-state index contributed by atoms with van der Waals surface area (Å²) in [5.41, 5.74) is 2.60. The minimum absolute atomic E-state index is 0.00800. The van der Waals surface area contributed by atoms with Crippen LogP contribution in [0.1, 0.15) is 44.0 Å². The molecule has 0 radical (unpaired) electrons. The van der Waals surface area contributed by atoms with Crippen LogP contribution in [0.25, 0.3) is 0 Å². The van der Waals surface area contributed by atoms with Gasteiger partial charge in [0.1, 0.15) is 0 Å². The van der Waals surface area contributed by atoms with Crippen LogP contribution in [0, 0.1) is 12.8 Å². The monoisotopic (exact) mass is 433 g/mol. The predicted octanol–water partition coefficient (Wildman–Crippen LogP) is 4.59. The van der Waals surface area contributed by atoms with Crippen molar-refractivity contribution in [2.24, 2.45) is 5.92 Å². The predicted molar refractivity (Wildman–Crippen MR) is 122 cm³/mol. The lowest BCUT2D eigenvalue weighted by Crippen LogP contribution is -2.24. The Bertz CT molecular complexity index is 1120. The lowest BCUT2D eigenvalue weighted by Gasteiger charge is -2.11. The second-order valence-corrected chi connectivity index (χ2v) is 8.61. The van der Waals surface area contributed by atoms with Crippen LogP contribution in [0.3, 0.4) is 0 Å². The molecule has 0 spiro atoms. The van der Waals surface area contributed by atoms with Gasteiger partial charge in [-0.05, 0) is 49.1 Å². The molecule has 0 bridgehead atoms. The maximum absolute atomic E-state index is 12.9. The Balaban J connectivity index is 1.44. The fraction of sp³-hybridized carbons (Fsp3) is 0.208. The number of anilines is 2. The van der Waals surface area contributed by atoms with Crippen LogP contribution in [-0.2, 0) is 11.3 Å². The molecule has 6 nitrogen and oxygen atoms in total. The van der Waals surface area contributed by atoms with Crippen LogP contribution in [0.4, 0.5) is 10.7 Å². The fourth-order valence-corrected chi connectivity index (χ4v) is 4.15. The SMILES string of the molecule is Cc1cc(NC(=O)C2CC2)sc1C(=O)Nc1ccccc1C(=O)NCc1ccccc1. The first-order valence-corrected chi connectivity index (χ1v) is 11.0. The molecule has 0 atom stereocenters. The van der Waals surface area contributed by atoms with E-state index >= 15 is 0 Å². The van der Waals surface area contributed by atoms with E-state index in [1.54, 1.807) is 30.3 Å². The zero-order chi connectivity index (χ0) is 21.8. The largest absolute Gasteiger partial charge is 0.348 e. The Morgan fingerprint density at radius 2 is 1.65 bits per heavy atom. The second kappa shape index (κ2) is 9.14. The average Bonchev–Trinajstić information content (AvgIpc) is 3.56. The third kappa shape index (κ3) is 5.19. The van der Waals surface area contributed by atoms with Gasteiger partial charge in [-0.25, -0.2) is 0 Å². The van der Waals surface area contributed by atoms with Gasteiger partial charge in [0.05, 0.1) is 21.1 Å². The molecule has 0 unspecified atom stereocenters. The molecule has 1 heterocycles. The standard InChI is InChI=1S/C24H23N3O3S/c1-15-13-20(27-22(28)17-11-12-17)31-21(15)24(30)26-19-10-6-5-9-18(19)23(29)25-14-16-7-3-2-4-8-16/h2-10,13,17H,11-12,14H2,1H3,(H,25,29)(H,26,30)(H,27,28). The molecule has 3 amide bonds. The van der Waals surface area contributed by atoms with Crippen LogP contribution in [-0.4, -0.2) is 17.7 Å². The highest BCUT2D eigenvalue weighted by atomic mass is 32.1. The van der Waals surface area contributed by atoms with E-state index in [4.69, 9.17) is 0 Å². The summed E-state index contributed by atoms with van der Waals surface area (Å²) in [6, 6.07) is 18.3. The molecule has 1 aromatic heterocycles. The lowest BCUT2D eigenvalue weighted by molar-refractivity contribution is -0.117. The van der Waals surface area contributed by atoms with E-state index in [-0.39, 0.29) is 23.6 Å². The van der Waals surface area contributed by atoms with E-state index in [1.807, 2.05) is 37.3 Å². The highest BCUT2D eigenvalue weighted by molar-refractivity contribution is 7.18. The number of benzene rings is 2. The summed E-state index contributed by atoms with van der Waals surface area (Å²) in [5, 5.41) is 9.28. The number of amides is 3. The van der Waals surface area contributed by atoms with E-state index in [1.165, 1.54) is 11.3 Å². The maximum Gasteiger partial charge on any atom is 0.266 e. The summed E-state index contributed by atoms with van der Waals surface area (Å²) in [6.45, 7) is 2.23. The van der Waals surface area contributed by atoms with Crippen molar-refractivity contribution >= 4 is 39.7 Å². The van der Waals surface area contributed by atoms with E-state index in [0.29, 0.717) is 27.7 Å². The first-order valence-electron chi connectivity index (χ1n) is 10.1. The number of hydrogen-bond acceptors (Lipinski definition) is 4. The molecule has 2 aromatic carbocycles. The topological polar surface area (TPSA) is 87.3 Å². The smallest absolute Gasteiger partial charge is 0.266 e. The maximum atomic E-state index is 12.9. The lowest BCUT2D eigenvalue weighted by atomic mass is 10.1. The number of carbonyl (C=O) groups is 3. The number of para-hydroxylation sites is 1. The zero-order valence-electron chi connectivity index (χ0n) is 17.1. The third-order valence-electron chi connectivity index (χ3n) is 5.03. The van der Waals surface area contributed by atoms with Crippen molar-refractivity contribution in [3.05, 3.63) is 82.2 Å². The molecular formula is C24H23N3O3S. The number of rotatable bonds is 7. The Kier molecular flexibility index (Phi) is 6.13. The van der Waals surface area contributed by atoms with Crippen molar-refractivity contribution in [3.8, 4) is 0 Å². The van der Waals surface area contributed by atoms with Crippen molar-refractivity contribution in [2.45, 2.75) is 26.3 Å². The number of carbonyl (C=O) groups excluding carboxylic acids is 3. The van der Waals surface area contributed by atoms with Crippen LogP contribution < -0.4 is 16.0 Å². The van der Waals surface area contributed by atoms with E-state index in [9.17, 15) is 14.4 Å². The van der Waals surface area contributed by atoms with Gasteiger partial charge in [-0.3, -0.25) is 14.4 Å². The van der Waals surface area contributed by atoms with Gasteiger partial charge in [0.15, 0.2) is 0 Å². The fourth-order valence-electron chi connectivity index (χ4n) is 3.18. The molecule has 1 saturated carbocycles. The van der Waals surface area contributed by atoms with Gasteiger partial charge < -0.3 is 16.0 Å². The number of nitrogens with one attached hydrogen (secondary N) is 3. The molecule has 31 heavy (non-hydrogen) atoms. The average molecular weight is 434 g/mol. The van der Waals surface area contributed by atoms with Gasteiger partial charge in [0.25, 0.3) is 11.8 Å². The molecule has 3 aromatic rings. The molecule has 1 fully saturated rings. The molecule has 0 saturated heterocycles. The van der Waals surface area contributed by atoms with Crippen LogP contribution >= 0.6 is 11.3 Å². The summed E-state index contributed by atoms with van der Waals surface area (Å²) < 4.78 is 0. The number of hydrogen-bond donors (Lipinski definition) is 3. The van der Waals surface area contributed by atoms with Crippen molar-refractivity contribution < 1.29 is 14.4 Å². The molecule has 3 N–H and O–H groups in total. The van der Waals surface area contributed by atoms with Gasteiger partial charge in [-0.1, -0.05) is 42.5 Å². The second-order valence-electron chi connectivity index (χ2n) is 7.55. The van der Waals surface area contributed by atoms with E-state index in [0.717, 1.165) is 24.0 Å². The molecular weight excluding hydrogens is 410 g/mol. The normalized spacial score (nSPS) is 12.8. The van der Waals surface area contributed by atoms with Crippen molar-refractivity contribution in [1.29, 1.82) is 0 Å². The summed E-state index contributed by atoms with van der Waals surface area (Å²) in [6.07, 6.45) is 1.85. The first-order chi connectivity index (χ1) is 15.0. The molecule has 7 heteroatoms. The minimum Gasteiger partial charge on any atom is -0.348 e. The Morgan fingerprint density at radius 1 is 0.935 bits per heavy atom. The first kappa shape index (κ1) is 20.8. The summed E-state index contributed by atoms with van der Waals surface area (Å²) in [4.78, 5) is 38.1. The van der Waals surface area contributed by atoms with Crippen molar-refractivity contribution in [1.82, 2.24) is 5.32 Å². The highest BCUT2D eigenvalue weighted by Gasteiger charge is 2.30. The van der Waals surface area contributed by atoms with Gasteiger partial charge in [-0.15, -0.1) is 11.3 Å². The third-order valence-corrected chi connectivity index (χ3v) is 6.19. The van der Waals surface area contributed by atoms with Gasteiger partial charge in [0, 0.05) is 12.5 Å². The van der Waals surface area contributed by atoms with E-state index in [2.05, 4.69) is 16.0 Å². The molecule has 158 valence electrons.